The van der Waals surface area contributed by atoms with E-state index in [-0.39, 0.29) is 11.5 Å². The highest BCUT2D eigenvalue weighted by Crippen LogP contribution is 2.34. The lowest BCUT2D eigenvalue weighted by atomic mass is 9.88. The van der Waals surface area contributed by atoms with Gasteiger partial charge in [-0.3, -0.25) is 9.52 Å². The van der Waals surface area contributed by atoms with Crippen LogP contribution in [0.3, 0.4) is 0 Å². The second-order valence-corrected chi connectivity index (χ2v) is 10.4. The summed E-state index contributed by atoms with van der Waals surface area (Å²) in [5.74, 6) is -0.280. The third-order valence-corrected chi connectivity index (χ3v) is 6.55. The van der Waals surface area contributed by atoms with E-state index in [1.165, 1.54) is 22.8 Å². The first-order chi connectivity index (χ1) is 17.9. The number of allylic oxidation sites excluding steroid dienone is 2. The van der Waals surface area contributed by atoms with E-state index in [4.69, 9.17) is 0 Å². The molecule has 0 fully saturated rings. The van der Waals surface area contributed by atoms with Gasteiger partial charge in [0, 0.05) is 5.56 Å². The van der Waals surface area contributed by atoms with E-state index in [0.29, 0.717) is 5.56 Å². The average molecular weight is 508 g/mol. The number of benzene rings is 4. The minimum atomic E-state index is -3.50. The summed E-state index contributed by atoms with van der Waals surface area (Å²) in [5, 5.41) is 0. The number of hydrogen-bond donors (Lipinski definition) is 1. The van der Waals surface area contributed by atoms with Crippen LogP contribution in [0.2, 0.25) is 0 Å². The standard InChI is InChI=1S/C32H29NO3S/c1-3-28(25-12-6-4-7-13-25)32(26-14-8-5-9-15-26)27-21-18-24(19-22-27)20-23-31(34)29-16-10-11-17-30(29)33-37(2,35)36/h4-23,33H,3H2,1-2H3/b23-20+,32-28-. The van der Waals surface area contributed by atoms with Crippen molar-refractivity contribution < 1.29 is 13.2 Å². The lowest BCUT2D eigenvalue weighted by Gasteiger charge is -2.16. The topological polar surface area (TPSA) is 63.2 Å². The molecule has 1 N–H and O–H groups in total. The van der Waals surface area contributed by atoms with Crippen LogP contribution in [0.25, 0.3) is 17.2 Å². The molecule has 0 heterocycles. The number of carbonyl (C=O) groups is 1. The Morgan fingerprint density at radius 3 is 1.86 bits per heavy atom. The first-order valence-corrected chi connectivity index (χ1v) is 14.0. The third kappa shape index (κ3) is 6.72. The molecule has 4 aromatic carbocycles. The molecule has 0 amide bonds. The monoisotopic (exact) mass is 507 g/mol. The summed E-state index contributed by atoms with van der Waals surface area (Å²) < 4.78 is 25.7. The van der Waals surface area contributed by atoms with Gasteiger partial charge in [0.05, 0.1) is 11.9 Å². The van der Waals surface area contributed by atoms with Gasteiger partial charge in [-0.25, -0.2) is 8.42 Å². The van der Waals surface area contributed by atoms with Gasteiger partial charge in [-0.1, -0.05) is 110 Å². The van der Waals surface area contributed by atoms with Crippen molar-refractivity contribution in [3.05, 3.63) is 143 Å². The van der Waals surface area contributed by atoms with Crippen LogP contribution in [0.1, 0.15) is 46.0 Å². The Bertz CT molecular complexity index is 1540. The van der Waals surface area contributed by atoms with Gasteiger partial charge in [0.2, 0.25) is 10.0 Å². The van der Waals surface area contributed by atoms with Crippen molar-refractivity contribution in [3.8, 4) is 0 Å². The average Bonchev–Trinajstić information content (AvgIpc) is 2.91. The largest absolute Gasteiger partial charge is 0.289 e. The molecule has 0 saturated heterocycles. The Hall–Kier alpha value is -4.22. The van der Waals surface area contributed by atoms with Gasteiger partial charge in [0.1, 0.15) is 0 Å². The van der Waals surface area contributed by atoms with Crippen LogP contribution >= 0.6 is 0 Å². The van der Waals surface area contributed by atoms with Crippen LogP contribution < -0.4 is 4.72 Å². The van der Waals surface area contributed by atoms with Gasteiger partial charge in [-0.2, -0.15) is 0 Å². The smallest absolute Gasteiger partial charge is 0.229 e. The first kappa shape index (κ1) is 25.9. The van der Waals surface area contributed by atoms with E-state index in [9.17, 15) is 13.2 Å². The van der Waals surface area contributed by atoms with E-state index in [0.717, 1.165) is 29.4 Å². The molecule has 0 spiro atoms. The first-order valence-electron chi connectivity index (χ1n) is 12.1. The van der Waals surface area contributed by atoms with E-state index < -0.39 is 10.0 Å². The summed E-state index contributed by atoms with van der Waals surface area (Å²) in [5.41, 5.74) is 7.32. The van der Waals surface area contributed by atoms with Crippen LogP contribution in [0, 0.1) is 0 Å². The molecule has 0 unspecified atom stereocenters. The van der Waals surface area contributed by atoms with E-state index in [1.807, 2.05) is 36.4 Å². The fourth-order valence-electron chi connectivity index (χ4n) is 4.29. The predicted octanol–water partition coefficient (Wildman–Crippen LogP) is 7.32. The van der Waals surface area contributed by atoms with Crippen molar-refractivity contribution in [3.63, 3.8) is 0 Å². The van der Waals surface area contributed by atoms with Crippen molar-refractivity contribution in [2.24, 2.45) is 0 Å². The third-order valence-electron chi connectivity index (χ3n) is 5.95. The molecule has 0 aromatic heterocycles. The summed E-state index contributed by atoms with van der Waals surface area (Å²) >= 11 is 0. The Morgan fingerprint density at radius 1 is 0.730 bits per heavy atom. The fourth-order valence-corrected chi connectivity index (χ4v) is 4.87. The molecule has 0 aliphatic rings. The van der Waals surface area contributed by atoms with Gasteiger partial charge in [0.25, 0.3) is 0 Å². The van der Waals surface area contributed by atoms with Crippen molar-refractivity contribution in [1.82, 2.24) is 0 Å². The van der Waals surface area contributed by atoms with Crippen molar-refractivity contribution in [2.45, 2.75) is 13.3 Å². The number of sulfonamides is 1. The summed E-state index contributed by atoms with van der Waals surface area (Å²) in [6, 6.07) is 35.5. The Kier molecular flexibility index (Phi) is 8.16. The highest BCUT2D eigenvalue weighted by Gasteiger charge is 2.14. The molecule has 0 aliphatic carbocycles. The molecule has 4 nitrogen and oxygen atoms in total. The normalized spacial score (nSPS) is 12.3. The number of rotatable bonds is 9. The van der Waals surface area contributed by atoms with Crippen molar-refractivity contribution >= 4 is 38.7 Å². The molecule has 5 heteroatoms. The van der Waals surface area contributed by atoms with Gasteiger partial charge in [0.15, 0.2) is 5.78 Å². The molecule has 0 radical (unpaired) electrons. The number of anilines is 1. The Labute approximate surface area is 219 Å². The van der Waals surface area contributed by atoms with Crippen molar-refractivity contribution in [2.75, 3.05) is 11.0 Å². The maximum absolute atomic E-state index is 12.8. The highest BCUT2D eigenvalue weighted by molar-refractivity contribution is 7.92. The molecule has 37 heavy (non-hydrogen) atoms. The summed E-state index contributed by atoms with van der Waals surface area (Å²) in [7, 11) is -3.50. The Balaban J connectivity index is 1.66. The zero-order valence-electron chi connectivity index (χ0n) is 20.9. The number of ketones is 1. The number of para-hydroxylation sites is 1. The summed E-state index contributed by atoms with van der Waals surface area (Å²) in [6.45, 7) is 2.17. The lowest BCUT2D eigenvalue weighted by Crippen LogP contribution is -2.12. The van der Waals surface area contributed by atoms with Crippen LogP contribution in [-0.2, 0) is 10.0 Å². The lowest BCUT2D eigenvalue weighted by molar-refractivity contribution is 0.104. The minimum Gasteiger partial charge on any atom is -0.289 e. The molecule has 0 aliphatic heterocycles. The Morgan fingerprint density at radius 2 is 1.27 bits per heavy atom. The number of carbonyl (C=O) groups excluding carboxylic acids is 1. The van der Waals surface area contributed by atoms with Crippen LogP contribution in [0.4, 0.5) is 5.69 Å². The summed E-state index contributed by atoms with van der Waals surface area (Å²) in [4.78, 5) is 12.8. The molecule has 186 valence electrons. The number of nitrogens with one attached hydrogen (secondary N) is 1. The molecular weight excluding hydrogens is 478 g/mol. The van der Waals surface area contributed by atoms with Crippen LogP contribution in [-0.4, -0.2) is 20.5 Å². The van der Waals surface area contributed by atoms with Crippen LogP contribution in [0.5, 0.6) is 0 Å². The van der Waals surface area contributed by atoms with Gasteiger partial charge in [-0.05, 0) is 58.0 Å². The van der Waals surface area contributed by atoms with Gasteiger partial charge < -0.3 is 0 Å². The molecule has 4 rings (SSSR count). The quantitative estimate of drug-likeness (QED) is 0.147. The molecule has 0 atom stereocenters. The SMILES string of the molecule is CC/C(=C(\c1ccccc1)c1ccc(/C=C/C(=O)c2ccccc2NS(C)(=O)=O)cc1)c1ccccc1. The maximum Gasteiger partial charge on any atom is 0.229 e. The maximum atomic E-state index is 12.8. The predicted molar refractivity (Wildman–Crippen MR) is 154 cm³/mol. The second kappa shape index (κ2) is 11.7. The van der Waals surface area contributed by atoms with E-state index in [2.05, 4.69) is 60.2 Å². The zero-order valence-corrected chi connectivity index (χ0v) is 21.7. The highest BCUT2D eigenvalue weighted by atomic mass is 32.2. The van der Waals surface area contributed by atoms with E-state index >= 15 is 0 Å². The van der Waals surface area contributed by atoms with Gasteiger partial charge >= 0.3 is 0 Å². The number of hydrogen-bond acceptors (Lipinski definition) is 3. The van der Waals surface area contributed by atoms with Crippen LogP contribution in [0.15, 0.2) is 115 Å². The van der Waals surface area contributed by atoms with Gasteiger partial charge in [-0.15, -0.1) is 0 Å². The second-order valence-electron chi connectivity index (χ2n) is 8.68. The summed E-state index contributed by atoms with van der Waals surface area (Å²) in [6.07, 6.45) is 5.15. The van der Waals surface area contributed by atoms with Crippen molar-refractivity contribution in [1.29, 1.82) is 0 Å². The molecular formula is C32H29NO3S. The zero-order chi connectivity index (χ0) is 26.3. The molecule has 0 bridgehead atoms. The molecule has 4 aromatic rings. The van der Waals surface area contributed by atoms with E-state index in [1.54, 1.807) is 30.3 Å². The fraction of sp³-hybridized carbons (Fsp3) is 0.0938. The molecule has 0 saturated carbocycles. The minimum absolute atomic E-state index is 0.264.